The molecule has 0 unspecified atom stereocenters. The zero-order chi connectivity index (χ0) is 19.3. The van der Waals surface area contributed by atoms with E-state index < -0.39 is 0 Å². The van der Waals surface area contributed by atoms with E-state index in [4.69, 9.17) is 9.47 Å². The minimum Gasteiger partial charge on any atom is -0.497 e. The Morgan fingerprint density at radius 2 is 1.89 bits per heavy atom. The molecule has 1 N–H and O–H groups in total. The molecule has 0 radical (unpaired) electrons. The standard InChI is InChI=1S/C23H26N2O3/c1-27-20-10-8-17(9-11-20)21(25-12-4-5-13-25)15-24-23(26)19-14-18-6-2-3-7-22(18)28-16-19/h2-3,6-11,14,21H,4-5,12-13,15-16H2,1H3,(H,24,26)/t21-/m0/s1. The van der Waals surface area contributed by atoms with Crippen LogP contribution in [0.3, 0.4) is 0 Å². The van der Waals surface area contributed by atoms with Crippen molar-refractivity contribution in [3.8, 4) is 11.5 Å². The minimum atomic E-state index is -0.0628. The van der Waals surface area contributed by atoms with Gasteiger partial charge in [0.25, 0.3) is 5.91 Å². The topological polar surface area (TPSA) is 50.8 Å². The Balaban J connectivity index is 1.46. The summed E-state index contributed by atoms with van der Waals surface area (Å²) in [4.78, 5) is 15.2. The average Bonchev–Trinajstić information content (AvgIpc) is 3.28. The second-order valence-electron chi connectivity index (χ2n) is 7.24. The normalized spacial score (nSPS) is 17.2. The number of carbonyl (C=O) groups excluding carboxylic acids is 1. The number of methoxy groups -OCH3 is 1. The van der Waals surface area contributed by atoms with E-state index in [0.29, 0.717) is 18.7 Å². The first kappa shape index (κ1) is 18.6. The Morgan fingerprint density at radius 3 is 2.64 bits per heavy atom. The monoisotopic (exact) mass is 378 g/mol. The van der Waals surface area contributed by atoms with Crippen molar-refractivity contribution in [3.05, 3.63) is 65.2 Å². The zero-order valence-corrected chi connectivity index (χ0v) is 16.2. The molecule has 2 aromatic rings. The van der Waals surface area contributed by atoms with Gasteiger partial charge in [-0.15, -0.1) is 0 Å². The van der Waals surface area contributed by atoms with Gasteiger partial charge in [-0.1, -0.05) is 30.3 Å². The van der Waals surface area contributed by atoms with Crippen molar-refractivity contribution in [1.82, 2.24) is 10.2 Å². The number of nitrogens with zero attached hydrogens (tertiary/aromatic N) is 1. The van der Waals surface area contributed by atoms with Crippen molar-refractivity contribution < 1.29 is 14.3 Å². The molecule has 1 atom stereocenters. The van der Waals surface area contributed by atoms with Gasteiger partial charge in [0.15, 0.2) is 0 Å². The van der Waals surface area contributed by atoms with E-state index in [9.17, 15) is 4.79 Å². The van der Waals surface area contributed by atoms with Crippen molar-refractivity contribution in [1.29, 1.82) is 0 Å². The minimum absolute atomic E-state index is 0.0628. The van der Waals surface area contributed by atoms with Gasteiger partial charge in [0.2, 0.25) is 0 Å². The molecule has 0 bridgehead atoms. The average molecular weight is 378 g/mol. The van der Waals surface area contributed by atoms with E-state index >= 15 is 0 Å². The van der Waals surface area contributed by atoms with E-state index in [1.165, 1.54) is 18.4 Å². The number of hydrogen-bond acceptors (Lipinski definition) is 4. The Bertz CT molecular complexity index is 854. The largest absolute Gasteiger partial charge is 0.497 e. The van der Waals surface area contributed by atoms with E-state index in [-0.39, 0.29) is 11.9 Å². The molecule has 1 amide bonds. The van der Waals surface area contributed by atoms with E-state index in [1.807, 2.05) is 42.5 Å². The third-order valence-electron chi connectivity index (χ3n) is 5.46. The Labute approximate surface area is 165 Å². The molecule has 0 saturated carbocycles. The van der Waals surface area contributed by atoms with Crippen LogP contribution in [0.2, 0.25) is 0 Å². The quantitative estimate of drug-likeness (QED) is 0.837. The van der Waals surface area contributed by atoms with Crippen LogP contribution in [0.1, 0.15) is 30.0 Å². The van der Waals surface area contributed by atoms with Gasteiger partial charge in [-0.25, -0.2) is 0 Å². The molecule has 5 heteroatoms. The molecule has 0 aromatic heterocycles. The van der Waals surface area contributed by atoms with E-state index in [1.54, 1.807) is 7.11 Å². The van der Waals surface area contributed by atoms with Crippen LogP contribution in [0.15, 0.2) is 54.1 Å². The van der Waals surface area contributed by atoms with Crippen LogP contribution in [-0.4, -0.2) is 44.2 Å². The number of para-hydroxylation sites is 1. The molecule has 28 heavy (non-hydrogen) atoms. The number of rotatable bonds is 6. The fourth-order valence-electron chi connectivity index (χ4n) is 3.89. The number of likely N-dealkylation sites (tertiary alicyclic amines) is 1. The molecule has 5 nitrogen and oxygen atoms in total. The van der Waals surface area contributed by atoms with Crippen LogP contribution in [0, 0.1) is 0 Å². The van der Waals surface area contributed by atoms with Crippen molar-refractivity contribution in [2.45, 2.75) is 18.9 Å². The maximum atomic E-state index is 12.8. The maximum Gasteiger partial charge on any atom is 0.250 e. The zero-order valence-electron chi connectivity index (χ0n) is 16.2. The van der Waals surface area contributed by atoms with Gasteiger partial charge in [-0.2, -0.15) is 0 Å². The number of nitrogens with one attached hydrogen (secondary N) is 1. The fraction of sp³-hybridized carbons (Fsp3) is 0.348. The second-order valence-corrected chi connectivity index (χ2v) is 7.24. The lowest BCUT2D eigenvalue weighted by molar-refractivity contribution is -0.118. The van der Waals surface area contributed by atoms with Gasteiger partial charge in [0.1, 0.15) is 18.1 Å². The Hall–Kier alpha value is -2.79. The molecule has 2 heterocycles. The summed E-state index contributed by atoms with van der Waals surface area (Å²) in [5.41, 5.74) is 2.81. The molecule has 2 aromatic carbocycles. The number of carbonyl (C=O) groups is 1. The third-order valence-corrected chi connectivity index (χ3v) is 5.46. The van der Waals surface area contributed by atoms with Crippen LogP contribution in [0.4, 0.5) is 0 Å². The van der Waals surface area contributed by atoms with Gasteiger partial charge >= 0.3 is 0 Å². The summed E-state index contributed by atoms with van der Waals surface area (Å²) >= 11 is 0. The summed E-state index contributed by atoms with van der Waals surface area (Å²) in [5, 5.41) is 3.13. The molecule has 0 spiro atoms. The van der Waals surface area contributed by atoms with Crippen molar-refractivity contribution in [2.24, 2.45) is 0 Å². The lowest BCUT2D eigenvalue weighted by Gasteiger charge is -2.28. The molecule has 1 fully saturated rings. The second kappa shape index (κ2) is 8.48. The van der Waals surface area contributed by atoms with Gasteiger partial charge < -0.3 is 14.8 Å². The number of benzene rings is 2. The summed E-state index contributed by atoms with van der Waals surface area (Å²) in [6.45, 7) is 3.00. The van der Waals surface area contributed by atoms with Crippen LogP contribution in [0.5, 0.6) is 11.5 Å². The molecule has 2 aliphatic rings. The number of amides is 1. The van der Waals surface area contributed by atoms with Crippen molar-refractivity contribution in [2.75, 3.05) is 33.4 Å². The lowest BCUT2D eigenvalue weighted by Crippen LogP contribution is -2.38. The number of ether oxygens (including phenoxy) is 2. The molecular weight excluding hydrogens is 352 g/mol. The highest BCUT2D eigenvalue weighted by molar-refractivity contribution is 5.99. The predicted octanol–water partition coefficient (Wildman–Crippen LogP) is 3.42. The molecule has 146 valence electrons. The molecule has 1 saturated heterocycles. The lowest BCUT2D eigenvalue weighted by atomic mass is 10.0. The summed E-state index contributed by atoms with van der Waals surface area (Å²) in [5.74, 6) is 1.61. The van der Waals surface area contributed by atoms with Crippen LogP contribution in [-0.2, 0) is 4.79 Å². The third kappa shape index (κ3) is 4.04. The van der Waals surface area contributed by atoms with Crippen LogP contribution < -0.4 is 14.8 Å². The Morgan fingerprint density at radius 1 is 1.14 bits per heavy atom. The van der Waals surface area contributed by atoms with Crippen molar-refractivity contribution >= 4 is 12.0 Å². The first-order valence-electron chi connectivity index (χ1n) is 9.83. The van der Waals surface area contributed by atoms with Crippen LogP contribution >= 0.6 is 0 Å². The molecule has 2 aliphatic heterocycles. The first-order valence-corrected chi connectivity index (χ1v) is 9.83. The molecule has 4 rings (SSSR count). The molecule has 0 aliphatic carbocycles. The van der Waals surface area contributed by atoms with E-state index in [0.717, 1.165) is 30.2 Å². The molecular formula is C23H26N2O3. The van der Waals surface area contributed by atoms with Gasteiger partial charge in [-0.3, -0.25) is 9.69 Å². The first-order chi connectivity index (χ1) is 13.7. The number of fused-ring (bicyclic) bond motifs is 1. The highest BCUT2D eigenvalue weighted by Crippen LogP contribution is 2.28. The summed E-state index contributed by atoms with van der Waals surface area (Å²) < 4.78 is 11.0. The highest BCUT2D eigenvalue weighted by atomic mass is 16.5. The van der Waals surface area contributed by atoms with Gasteiger partial charge in [-0.05, 0) is 55.8 Å². The SMILES string of the molecule is COc1ccc([C@H](CNC(=O)C2=Cc3ccccc3OC2)N2CCCC2)cc1. The summed E-state index contributed by atoms with van der Waals surface area (Å²) in [6, 6.07) is 16.1. The predicted molar refractivity (Wildman–Crippen MR) is 109 cm³/mol. The van der Waals surface area contributed by atoms with Gasteiger partial charge in [0.05, 0.1) is 18.7 Å². The van der Waals surface area contributed by atoms with Crippen LogP contribution in [0.25, 0.3) is 6.08 Å². The van der Waals surface area contributed by atoms with E-state index in [2.05, 4.69) is 22.3 Å². The van der Waals surface area contributed by atoms with Gasteiger partial charge in [0, 0.05) is 12.1 Å². The summed E-state index contributed by atoms with van der Waals surface area (Å²) in [6.07, 6.45) is 4.33. The summed E-state index contributed by atoms with van der Waals surface area (Å²) in [7, 11) is 1.67. The smallest absolute Gasteiger partial charge is 0.250 e. The Kier molecular flexibility index (Phi) is 5.63. The number of hydrogen-bond donors (Lipinski definition) is 1. The fourth-order valence-corrected chi connectivity index (χ4v) is 3.89. The highest BCUT2D eigenvalue weighted by Gasteiger charge is 2.25. The maximum absolute atomic E-state index is 12.8. The van der Waals surface area contributed by atoms with Crippen molar-refractivity contribution in [3.63, 3.8) is 0 Å².